The molecule has 198 valence electrons. The Bertz CT molecular complexity index is 1450. The third kappa shape index (κ3) is 5.70. The number of anilines is 1. The van der Waals surface area contributed by atoms with Crippen LogP contribution in [0.5, 0.6) is 28.9 Å². The predicted octanol–water partition coefficient (Wildman–Crippen LogP) is 4.78. The second-order valence-corrected chi connectivity index (χ2v) is 7.96. The number of carbonyl (C=O) groups excluding carboxylic acids is 1. The molecule has 3 heterocycles. The summed E-state index contributed by atoms with van der Waals surface area (Å²) < 4.78 is 57.0. The van der Waals surface area contributed by atoms with E-state index >= 15 is 8.78 Å². The van der Waals surface area contributed by atoms with Crippen LogP contribution in [0.3, 0.4) is 0 Å². The van der Waals surface area contributed by atoms with E-state index in [4.69, 9.17) is 23.7 Å². The van der Waals surface area contributed by atoms with E-state index in [0.29, 0.717) is 17.9 Å². The van der Waals surface area contributed by atoms with Crippen molar-refractivity contribution in [3.05, 3.63) is 66.1 Å². The lowest BCUT2D eigenvalue weighted by molar-refractivity contribution is 0.0869. The number of halogens is 2. The van der Waals surface area contributed by atoms with Crippen molar-refractivity contribution in [1.29, 1.82) is 0 Å². The molecule has 0 unspecified atom stereocenters. The predicted molar refractivity (Wildman–Crippen MR) is 133 cm³/mol. The van der Waals surface area contributed by atoms with Crippen molar-refractivity contribution in [1.82, 2.24) is 15.0 Å². The minimum absolute atomic E-state index is 0.0246. The van der Waals surface area contributed by atoms with Gasteiger partial charge in [-0.05, 0) is 13.0 Å². The lowest BCUT2D eigenvalue weighted by Gasteiger charge is -2.17. The fourth-order valence-corrected chi connectivity index (χ4v) is 3.55. The normalized spacial score (nSPS) is 11.6. The van der Waals surface area contributed by atoms with E-state index in [1.165, 1.54) is 52.1 Å². The Morgan fingerprint density at radius 2 is 1.71 bits per heavy atom. The summed E-state index contributed by atoms with van der Waals surface area (Å²) in [6.45, 7) is 2.08. The fraction of sp³-hybridized carbons (Fsp3) is 0.231. The van der Waals surface area contributed by atoms with Crippen LogP contribution in [0.2, 0.25) is 0 Å². The van der Waals surface area contributed by atoms with Gasteiger partial charge in [-0.3, -0.25) is 14.8 Å². The van der Waals surface area contributed by atoms with Gasteiger partial charge in [0.2, 0.25) is 0 Å². The van der Waals surface area contributed by atoms with Gasteiger partial charge in [0, 0.05) is 55.7 Å². The number of nitrogens with zero attached hydrogens (tertiary/aromatic N) is 3. The minimum atomic E-state index is -1.05. The van der Waals surface area contributed by atoms with Gasteiger partial charge in [-0.25, -0.2) is 13.8 Å². The maximum Gasteiger partial charge on any atom is 0.261 e. The number of hydrogen-bond donors (Lipinski definition) is 1. The van der Waals surface area contributed by atoms with Gasteiger partial charge in [0.05, 0.1) is 31.9 Å². The maximum atomic E-state index is 15.0. The van der Waals surface area contributed by atoms with E-state index < -0.39 is 23.3 Å². The largest absolute Gasteiger partial charge is 0.496 e. The Morgan fingerprint density at radius 3 is 2.39 bits per heavy atom. The minimum Gasteiger partial charge on any atom is -0.496 e. The van der Waals surface area contributed by atoms with Crippen LogP contribution in [0.25, 0.3) is 11.0 Å². The summed E-state index contributed by atoms with van der Waals surface area (Å²) in [6.07, 6.45) is 3.77. The highest BCUT2D eigenvalue weighted by molar-refractivity contribution is 6.06. The molecule has 0 saturated carbocycles. The number of ether oxygens (including phenoxy) is 5. The molecule has 1 N–H and O–H groups in total. The number of amides is 1. The number of carbonyl (C=O) groups is 1. The Hall–Kier alpha value is -4.58. The number of pyridine rings is 3. The molecule has 0 spiro atoms. The van der Waals surface area contributed by atoms with Crippen LogP contribution < -0.4 is 24.3 Å². The Balaban J connectivity index is 1.63. The average Bonchev–Trinajstić information content (AvgIpc) is 2.90. The van der Waals surface area contributed by atoms with Crippen molar-refractivity contribution in [3.63, 3.8) is 0 Å². The van der Waals surface area contributed by atoms with E-state index in [-0.39, 0.29) is 40.3 Å². The van der Waals surface area contributed by atoms with E-state index in [1.54, 1.807) is 13.0 Å². The molecular formula is C26H24F2N4O6. The molecule has 1 amide bonds. The highest BCUT2D eigenvalue weighted by Gasteiger charge is 2.20. The van der Waals surface area contributed by atoms with Crippen molar-refractivity contribution in [2.75, 3.05) is 33.3 Å². The lowest BCUT2D eigenvalue weighted by Crippen LogP contribution is -2.19. The van der Waals surface area contributed by atoms with Gasteiger partial charge in [-0.2, -0.15) is 0 Å². The number of rotatable bonds is 10. The fourth-order valence-electron chi connectivity index (χ4n) is 3.55. The first-order valence-electron chi connectivity index (χ1n) is 11.3. The quantitative estimate of drug-likeness (QED) is 0.312. The molecule has 10 nitrogen and oxygen atoms in total. The number of fused-ring (bicyclic) bond motifs is 1. The zero-order valence-electron chi connectivity index (χ0n) is 21.0. The van der Waals surface area contributed by atoms with Gasteiger partial charge >= 0.3 is 0 Å². The summed E-state index contributed by atoms with van der Waals surface area (Å²) >= 11 is 0. The van der Waals surface area contributed by atoms with Gasteiger partial charge in [0.15, 0.2) is 28.9 Å². The van der Waals surface area contributed by atoms with Crippen LogP contribution >= 0.6 is 0 Å². The molecule has 3 aromatic heterocycles. The third-order valence-corrected chi connectivity index (χ3v) is 5.26. The Kier molecular flexibility index (Phi) is 8.12. The molecule has 38 heavy (non-hydrogen) atoms. The zero-order valence-corrected chi connectivity index (χ0v) is 21.0. The monoisotopic (exact) mass is 526 g/mol. The second-order valence-electron chi connectivity index (χ2n) is 7.96. The summed E-state index contributed by atoms with van der Waals surface area (Å²) in [5, 5.41) is 2.43. The zero-order chi connectivity index (χ0) is 27.2. The number of aromatic nitrogens is 3. The summed E-state index contributed by atoms with van der Waals surface area (Å²) in [6, 6.07) is 6.33. The van der Waals surface area contributed by atoms with Crippen LogP contribution in [-0.4, -0.2) is 54.9 Å². The van der Waals surface area contributed by atoms with Crippen molar-refractivity contribution >= 4 is 22.6 Å². The van der Waals surface area contributed by atoms with Gasteiger partial charge in [-0.15, -0.1) is 0 Å². The Labute approximate surface area is 216 Å². The van der Waals surface area contributed by atoms with Gasteiger partial charge < -0.3 is 29.0 Å². The lowest BCUT2D eigenvalue weighted by atomic mass is 10.2. The summed E-state index contributed by atoms with van der Waals surface area (Å²) in [7, 11) is 4.38. The van der Waals surface area contributed by atoms with Crippen LogP contribution in [0.4, 0.5) is 14.5 Å². The molecule has 0 aliphatic rings. The van der Waals surface area contributed by atoms with Crippen LogP contribution in [0, 0.1) is 11.6 Å². The maximum absolute atomic E-state index is 15.0. The molecule has 0 saturated heterocycles. The molecule has 0 aliphatic heterocycles. The smallest absolute Gasteiger partial charge is 0.261 e. The van der Waals surface area contributed by atoms with E-state index in [1.807, 2.05) is 0 Å². The first kappa shape index (κ1) is 26.5. The topological polar surface area (TPSA) is 114 Å². The van der Waals surface area contributed by atoms with Crippen molar-refractivity contribution in [2.24, 2.45) is 0 Å². The molecule has 0 fully saturated rings. The highest BCUT2D eigenvalue weighted by atomic mass is 19.1. The first-order chi connectivity index (χ1) is 18.3. The molecule has 1 atom stereocenters. The summed E-state index contributed by atoms with van der Waals surface area (Å²) in [5.74, 6) is -2.73. The SMILES string of the molecule is COC[C@H](C)Oc1nc2c(Oc3c(F)cc(NC(=O)c4cnccc4OC)cc3F)ccnc2cc1OC. The van der Waals surface area contributed by atoms with Crippen molar-refractivity contribution in [2.45, 2.75) is 13.0 Å². The van der Waals surface area contributed by atoms with Gasteiger partial charge in [-0.1, -0.05) is 0 Å². The van der Waals surface area contributed by atoms with E-state index in [2.05, 4.69) is 20.3 Å². The Morgan fingerprint density at radius 1 is 1.00 bits per heavy atom. The van der Waals surface area contributed by atoms with Crippen molar-refractivity contribution < 1.29 is 37.3 Å². The molecule has 0 bridgehead atoms. The summed E-state index contributed by atoms with van der Waals surface area (Å²) in [5.41, 5.74) is 0.501. The number of nitrogens with one attached hydrogen (secondary N) is 1. The number of hydrogen-bond acceptors (Lipinski definition) is 9. The third-order valence-electron chi connectivity index (χ3n) is 5.26. The summed E-state index contributed by atoms with van der Waals surface area (Å²) in [4.78, 5) is 25.1. The van der Waals surface area contributed by atoms with Crippen LogP contribution in [-0.2, 0) is 4.74 Å². The molecule has 0 aliphatic carbocycles. The van der Waals surface area contributed by atoms with Crippen LogP contribution in [0.1, 0.15) is 17.3 Å². The van der Waals surface area contributed by atoms with Gasteiger partial charge in [0.1, 0.15) is 17.4 Å². The highest BCUT2D eigenvalue weighted by Crippen LogP contribution is 2.36. The van der Waals surface area contributed by atoms with E-state index in [9.17, 15) is 4.79 Å². The number of benzene rings is 1. The second kappa shape index (κ2) is 11.6. The average molecular weight is 526 g/mol. The van der Waals surface area contributed by atoms with Gasteiger partial charge in [0.25, 0.3) is 11.8 Å². The number of methoxy groups -OCH3 is 3. The molecule has 4 aromatic rings. The molecular weight excluding hydrogens is 502 g/mol. The van der Waals surface area contributed by atoms with E-state index in [0.717, 1.165) is 12.1 Å². The molecule has 0 radical (unpaired) electrons. The van der Waals surface area contributed by atoms with Crippen molar-refractivity contribution in [3.8, 4) is 28.9 Å². The standard InChI is InChI=1S/C26H24F2N4O6/c1-14(13-34-2)37-26-22(36-4)11-19-23(32-26)21(6-8-30-19)38-24-17(27)9-15(10-18(24)28)31-25(33)16-12-29-7-5-20(16)35-3/h5-12,14H,13H2,1-4H3,(H,31,33)/t14-/m0/s1. The molecule has 12 heteroatoms. The first-order valence-corrected chi connectivity index (χ1v) is 11.3. The molecule has 4 rings (SSSR count). The van der Waals surface area contributed by atoms with Crippen LogP contribution in [0.15, 0.2) is 48.9 Å². The molecule has 1 aromatic carbocycles.